The Kier molecular flexibility index (Phi) is 7.40. The van der Waals surface area contributed by atoms with Crippen molar-refractivity contribution >= 4 is 11.6 Å². The van der Waals surface area contributed by atoms with Gasteiger partial charge < -0.3 is 21.1 Å². The van der Waals surface area contributed by atoms with E-state index in [9.17, 15) is 4.79 Å². The first-order chi connectivity index (χ1) is 14.6. The maximum atomic E-state index is 13.1. The standard InChI is InChI=1S/C24H28N4O2/c1-17(19-5-3-6-21(15-19)30-2)28-24(29)22-8-7-20(18-9-13-26-14-10-18)16-23(22)27-12-4-11-25/h3,5-10,13-17,27H,4,11-12,25H2,1-2H3,(H,28,29)/t17-/m1/s1. The van der Waals surface area contributed by atoms with E-state index in [0.717, 1.165) is 34.5 Å². The van der Waals surface area contributed by atoms with Gasteiger partial charge in [-0.1, -0.05) is 18.2 Å². The highest BCUT2D eigenvalue weighted by Gasteiger charge is 2.16. The first-order valence-electron chi connectivity index (χ1n) is 10.1. The Morgan fingerprint density at radius 3 is 2.63 bits per heavy atom. The number of methoxy groups -OCH3 is 1. The summed E-state index contributed by atoms with van der Waals surface area (Å²) in [5, 5.41) is 6.44. The number of benzene rings is 2. The summed E-state index contributed by atoms with van der Waals surface area (Å²) in [4.78, 5) is 17.1. The molecule has 156 valence electrons. The molecule has 1 atom stereocenters. The molecule has 0 bridgehead atoms. The van der Waals surface area contributed by atoms with Gasteiger partial charge in [0.1, 0.15) is 5.75 Å². The molecule has 1 amide bonds. The Morgan fingerprint density at radius 2 is 1.90 bits per heavy atom. The van der Waals surface area contributed by atoms with E-state index >= 15 is 0 Å². The number of nitrogens with two attached hydrogens (primary N) is 1. The zero-order valence-corrected chi connectivity index (χ0v) is 17.4. The number of nitrogens with zero attached hydrogens (tertiary/aromatic N) is 1. The predicted molar refractivity (Wildman–Crippen MR) is 121 cm³/mol. The van der Waals surface area contributed by atoms with Gasteiger partial charge in [-0.15, -0.1) is 0 Å². The molecule has 6 nitrogen and oxygen atoms in total. The Labute approximate surface area is 177 Å². The van der Waals surface area contributed by atoms with E-state index in [2.05, 4.69) is 15.6 Å². The molecule has 0 fully saturated rings. The van der Waals surface area contributed by atoms with Crippen LogP contribution in [0.5, 0.6) is 5.75 Å². The molecule has 0 aliphatic carbocycles. The van der Waals surface area contributed by atoms with Crippen molar-refractivity contribution in [1.82, 2.24) is 10.3 Å². The summed E-state index contributed by atoms with van der Waals surface area (Å²) >= 11 is 0. The molecule has 3 aromatic rings. The van der Waals surface area contributed by atoms with Crippen molar-refractivity contribution in [2.24, 2.45) is 5.73 Å². The fourth-order valence-corrected chi connectivity index (χ4v) is 3.21. The quantitative estimate of drug-likeness (QED) is 0.469. The number of amides is 1. The van der Waals surface area contributed by atoms with Crippen LogP contribution in [0.3, 0.4) is 0 Å². The highest BCUT2D eigenvalue weighted by Crippen LogP contribution is 2.26. The second kappa shape index (κ2) is 10.4. The lowest BCUT2D eigenvalue weighted by atomic mass is 10.0. The summed E-state index contributed by atoms with van der Waals surface area (Å²) in [6.07, 6.45) is 4.33. The lowest BCUT2D eigenvalue weighted by Gasteiger charge is -2.18. The zero-order chi connectivity index (χ0) is 21.3. The van der Waals surface area contributed by atoms with E-state index in [1.165, 1.54) is 0 Å². The van der Waals surface area contributed by atoms with Gasteiger partial charge in [-0.25, -0.2) is 0 Å². The average molecular weight is 405 g/mol. The van der Waals surface area contributed by atoms with Crippen LogP contribution in [0, 0.1) is 0 Å². The summed E-state index contributed by atoms with van der Waals surface area (Å²) < 4.78 is 5.29. The molecule has 0 spiro atoms. The van der Waals surface area contributed by atoms with E-state index in [4.69, 9.17) is 10.5 Å². The Morgan fingerprint density at radius 1 is 1.10 bits per heavy atom. The minimum Gasteiger partial charge on any atom is -0.497 e. The number of carbonyl (C=O) groups excluding carboxylic acids is 1. The lowest BCUT2D eigenvalue weighted by Crippen LogP contribution is -2.27. The summed E-state index contributed by atoms with van der Waals surface area (Å²) in [7, 11) is 1.63. The molecule has 4 N–H and O–H groups in total. The molecule has 0 aliphatic heterocycles. The van der Waals surface area contributed by atoms with E-state index in [-0.39, 0.29) is 11.9 Å². The van der Waals surface area contributed by atoms with Crippen LogP contribution in [0.15, 0.2) is 67.0 Å². The maximum Gasteiger partial charge on any atom is 0.253 e. The van der Waals surface area contributed by atoms with Crippen molar-refractivity contribution in [2.45, 2.75) is 19.4 Å². The van der Waals surface area contributed by atoms with Gasteiger partial charge >= 0.3 is 0 Å². The monoisotopic (exact) mass is 404 g/mol. The number of pyridine rings is 1. The molecule has 30 heavy (non-hydrogen) atoms. The van der Waals surface area contributed by atoms with Crippen LogP contribution in [0.2, 0.25) is 0 Å². The van der Waals surface area contributed by atoms with Crippen molar-refractivity contribution < 1.29 is 9.53 Å². The normalized spacial score (nSPS) is 11.6. The van der Waals surface area contributed by atoms with Crippen LogP contribution in [-0.4, -0.2) is 31.1 Å². The van der Waals surface area contributed by atoms with Crippen LogP contribution in [0.25, 0.3) is 11.1 Å². The number of hydrogen-bond acceptors (Lipinski definition) is 5. The molecular formula is C24H28N4O2. The summed E-state index contributed by atoms with van der Waals surface area (Å²) in [6, 6.07) is 17.2. The van der Waals surface area contributed by atoms with Gasteiger partial charge in [-0.2, -0.15) is 0 Å². The number of carbonyl (C=O) groups is 1. The van der Waals surface area contributed by atoms with Crippen LogP contribution in [0.4, 0.5) is 5.69 Å². The van der Waals surface area contributed by atoms with Gasteiger partial charge in [0.15, 0.2) is 0 Å². The summed E-state index contributed by atoms with van der Waals surface area (Å²) in [6.45, 7) is 3.24. The van der Waals surface area contributed by atoms with Crippen molar-refractivity contribution in [3.63, 3.8) is 0 Å². The van der Waals surface area contributed by atoms with Crippen LogP contribution < -0.4 is 21.1 Å². The van der Waals surface area contributed by atoms with E-state index in [0.29, 0.717) is 18.7 Å². The number of anilines is 1. The second-order valence-electron chi connectivity index (χ2n) is 7.04. The summed E-state index contributed by atoms with van der Waals surface area (Å²) in [5.74, 6) is 0.626. The number of rotatable bonds is 9. The molecule has 0 saturated heterocycles. The zero-order valence-electron chi connectivity index (χ0n) is 17.4. The van der Waals surface area contributed by atoms with Crippen LogP contribution in [-0.2, 0) is 0 Å². The highest BCUT2D eigenvalue weighted by molar-refractivity contribution is 6.00. The largest absolute Gasteiger partial charge is 0.497 e. The molecule has 0 saturated carbocycles. The van der Waals surface area contributed by atoms with Crippen LogP contribution in [0.1, 0.15) is 35.3 Å². The smallest absolute Gasteiger partial charge is 0.253 e. The second-order valence-corrected chi connectivity index (χ2v) is 7.04. The molecule has 2 aromatic carbocycles. The molecule has 3 rings (SSSR count). The van der Waals surface area contributed by atoms with Gasteiger partial charge in [-0.3, -0.25) is 9.78 Å². The SMILES string of the molecule is COc1cccc([C@@H](C)NC(=O)c2ccc(-c3ccncc3)cc2NCCCN)c1. The van der Waals surface area contributed by atoms with Gasteiger partial charge in [0.2, 0.25) is 0 Å². The van der Waals surface area contributed by atoms with Crippen molar-refractivity contribution in [3.8, 4) is 16.9 Å². The van der Waals surface area contributed by atoms with E-state index in [1.807, 2.05) is 61.5 Å². The van der Waals surface area contributed by atoms with Gasteiger partial charge in [0, 0.05) is 24.6 Å². The Bertz CT molecular complexity index is 976. The van der Waals surface area contributed by atoms with Gasteiger partial charge in [0.25, 0.3) is 5.91 Å². The third-order valence-electron chi connectivity index (χ3n) is 4.92. The van der Waals surface area contributed by atoms with Crippen molar-refractivity contribution in [3.05, 3.63) is 78.1 Å². The number of aromatic nitrogens is 1. The average Bonchev–Trinajstić information content (AvgIpc) is 2.79. The van der Waals surface area contributed by atoms with Crippen molar-refractivity contribution in [1.29, 1.82) is 0 Å². The van der Waals surface area contributed by atoms with Crippen LogP contribution >= 0.6 is 0 Å². The fourth-order valence-electron chi connectivity index (χ4n) is 3.21. The Balaban J connectivity index is 1.84. The van der Waals surface area contributed by atoms with Gasteiger partial charge in [0.05, 0.1) is 18.7 Å². The van der Waals surface area contributed by atoms with E-state index in [1.54, 1.807) is 19.5 Å². The van der Waals surface area contributed by atoms with Gasteiger partial charge in [-0.05, 0) is 73.0 Å². The minimum absolute atomic E-state index is 0.137. The minimum atomic E-state index is -0.163. The Hall–Kier alpha value is -3.38. The molecule has 0 unspecified atom stereocenters. The first kappa shape index (κ1) is 21.3. The highest BCUT2D eigenvalue weighted by atomic mass is 16.5. The predicted octanol–water partition coefficient (Wildman–Crippen LogP) is 4.01. The molecular weight excluding hydrogens is 376 g/mol. The molecule has 1 aromatic heterocycles. The number of hydrogen-bond donors (Lipinski definition) is 3. The number of ether oxygens (including phenoxy) is 1. The van der Waals surface area contributed by atoms with E-state index < -0.39 is 0 Å². The molecule has 6 heteroatoms. The molecule has 1 heterocycles. The number of nitrogens with one attached hydrogen (secondary N) is 2. The lowest BCUT2D eigenvalue weighted by molar-refractivity contribution is 0.0940. The summed E-state index contributed by atoms with van der Waals surface area (Å²) in [5.41, 5.74) is 10.1. The third-order valence-corrected chi connectivity index (χ3v) is 4.92. The maximum absolute atomic E-state index is 13.1. The topological polar surface area (TPSA) is 89.3 Å². The fraction of sp³-hybridized carbons (Fsp3) is 0.250. The van der Waals surface area contributed by atoms with Crippen molar-refractivity contribution in [2.75, 3.05) is 25.5 Å². The molecule has 0 radical (unpaired) electrons. The third kappa shape index (κ3) is 5.36. The first-order valence-corrected chi connectivity index (χ1v) is 10.1. The molecule has 0 aliphatic rings.